The summed E-state index contributed by atoms with van der Waals surface area (Å²) >= 11 is 0. The Labute approximate surface area is 135 Å². The van der Waals surface area contributed by atoms with Crippen LogP contribution in [0, 0.1) is 17.0 Å². The Morgan fingerprint density at radius 1 is 1.55 bits per heavy atom. The molecule has 1 amide bonds. The molecule has 2 heterocycles. The van der Waals surface area contributed by atoms with Crippen LogP contribution in [0.5, 0.6) is 0 Å². The van der Waals surface area contributed by atoms with Gasteiger partial charge < -0.3 is 24.9 Å². The van der Waals surface area contributed by atoms with Crippen LogP contribution in [0.25, 0.3) is 0 Å². The molecule has 2 unspecified atom stereocenters. The van der Waals surface area contributed by atoms with E-state index in [0.29, 0.717) is 25.3 Å². The Bertz CT molecular complexity index is 548. The maximum atomic E-state index is 12.3. The van der Waals surface area contributed by atoms with Crippen LogP contribution in [-0.2, 0) is 11.3 Å². The lowest BCUT2D eigenvalue weighted by Gasteiger charge is -2.38. The molecule has 0 radical (unpaired) electrons. The summed E-state index contributed by atoms with van der Waals surface area (Å²) in [5.74, 6) is 0.451. The minimum absolute atomic E-state index is 0. The van der Waals surface area contributed by atoms with Gasteiger partial charge in [0.05, 0.1) is 0 Å². The lowest BCUT2D eigenvalue weighted by atomic mass is 10.1. The number of carbonyl (C=O) groups excluding carboxylic acids is 1. The zero-order valence-electron chi connectivity index (χ0n) is 13.0. The zero-order valence-corrected chi connectivity index (χ0v) is 13.8. The van der Waals surface area contributed by atoms with Crippen molar-refractivity contribution in [2.45, 2.75) is 45.8 Å². The predicted molar refractivity (Wildman–Crippen MR) is 84.1 cm³/mol. The van der Waals surface area contributed by atoms with Crippen LogP contribution in [0.3, 0.4) is 0 Å². The summed E-state index contributed by atoms with van der Waals surface area (Å²) in [4.78, 5) is 28.2. The average molecular weight is 332 g/mol. The highest BCUT2D eigenvalue weighted by molar-refractivity contribution is 5.85. The van der Waals surface area contributed by atoms with E-state index in [0.717, 1.165) is 6.54 Å². The molecule has 1 aromatic rings. The summed E-state index contributed by atoms with van der Waals surface area (Å²) < 4.78 is 1.66. The number of nitrogens with zero attached hydrogens (tertiary/aromatic N) is 4. The van der Waals surface area contributed by atoms with Crippen molar-refractivity contribution < 1.29 is 9.72 Å². The summed E-state index contributed by atoms with van der Waals surface area (Å²) in [6.45, 7) is 7.71. The maximum absolute atomic E-state index is 12.3. The smallest absolute Gasteiger partial charge is 0.358 e. The lowest BCUT2D eigenvalue weighted by Crippen LogP contribution is -2.57. The molecule has 124 valence electrons. The fraction of sp³-hybridized carbons (Fsp3) is 0.692. The SMILES string of the molecule is Cc1nc([N+](=O)[O-])cn1CCC(=O)N1CCNC(C)C1C.Cl. The van der Waals surface area contributed by atoms with Crippen LogP contribution < -0.4 is 5.32 Å². The summed E-state index contributed by atoms with van der Waals surface area (Å²) in [5.41, 5.74) is 0. The molecule has 0 aromatic carbocycles. The second-order valence-electron chi connectivity index (χ2n) is 5.42. The minimum Gasteiger partial charge on any atom is -0.358 e. The number of nitrogens with one attached hydrogen (secondary N) is 1. The molecule has 2 atom stereocenters. The van der Waals surface area contributed by atoms with Gasteiger partial charge in [0.2, 0.25) is 11.7 Å². The molecular formula is C13H22ClN5O3. The van der Waals surface area contributed by atoms with E-state index in [-0.39, 0.29) is 36.2 Å². The van der Waals surface area contributed by atoms with Gasteiger partial charge in [-0.1, -0.05) is 0 Å². The van der Waals surface area contributed by atoms with Gasteiger partial charge in [-0.05, 0) is 23.8 Å². The highest BCUT2D eigenvalue weighted by Gasteiger charge is 2.28. The number of carbonyl (C=O) groups is 1. The maximum Gasteiger partial charge on any atom is 0.381 e. The molecule has 8 nitrogen and oxygen atoms in total. The zero-order chi connectivity index (χ0) is 15.6. The van der Waals surface area contributed by atoms with Crippen molar-refractivity contribution in [2.75, 3.05) is 13.1 Å². The van der Waals surface area contributed by atoms with Crippen LogP contribution in [0.1, 0.15) is 26.1 Å². The van der Waals surface area contributed by atoms with Crippen molar-refractivity contribution >= 4 is 24.1 Å². The molecule has 0 spiro atoms. The lowest BCUT2D eigenvalue weighted by molar-refractivity contribution is -0.389. The molecule has 9 heteroatoms. The molecule has 1 N–H and O–H groups in total. The first-order valence-corrected chi connectivity index (χ1v) is 7.11. The molecule has 1 fully saturated rings. The third kappa shape index (κ3) is 3.95. The summed E-state index contributed by atoms with van der Waals surface area (Å²) in [6.07, 6.45) is 1.71. The molecule has 1 saturated heterocycles. The van der Waals surface area contributed by atoms with Crippen molar-refractivity contribution in [2.24, 2.45) is 0 Å². The van der Waals surface area contributed by atoms with E-state index >= 15 is 0 Å². The average Bonchev–Trinajstić information content (AvgIpc) is 2.81. The van der Waals surface area contributed by atoms with Gasteiger partial charge in [0, 0.05) is 45.1 Å². The monoisotopic (exact) mass is 331 g/mol. The van der Waals surface area contributed by atoms with Gasteiger partial charge in [-0.2, -0.15) is 0 Å². The molecular weight excluding hydrogens is 310 g/mol. The van der Waals surface area contributed by atoms with Crippen LogP contribution >= 0.6 is 12.4 Å². The van der Waals surface area contributed by atoms with Crippen LogP contribution in [0.4, 0.5) is 5.82 Å². The van der Waals surface area contributed by atoms with Crippen LogP contribution in [-0.4, -0.2) is 50.5 Å². The fourth-order valence-corrected chi connectivity index (χ4v) is 2.57. The van der Waals surface area contributed by atoms with Gasteiger partial charge in [0.1, 0.15) is 6.20 Å². The summed E-state index contributed by atoms with van der Waals surface area (Å²) in [7, 11) is 0. The van der Waals surface area contributed by atoms with Gasteiger partial charge in [0.25, 0.3) is 0 Å². The Morgan fingerprint density at radius 2 is 2.23 bits per heavy atom. The predicted octanol–water partition coefficient (Wildman–Crippen LogP) is 1.12. The molecule has 0 aliphatic carbocycles. The van der Waals surface area contributed by atoms with Gasteiger partial charge in [-0.25, -0.2) is 0 Å². The van der Waals surface area contributed by atoms with E-state index in [1.807, 2.05) is 11.8 Å². The quantitative estimate of drug-likeness (QED) is 0.659. The summed E-state index contributed by atoms with van der Waals surface area (Å²) in [6, 6.07) is 0.434. The normalized spacial score (nSPS) is 21.3. The molecule has 2 rings (SSSR count). The fourth-order valence-electron chi connectivity index (χ4n) is 2.57. The topological polar surface area (TPSA) is 93.3 Å². The minimum atomic E-state index is -0.522. The second kappa shape index (κ2) is 7.55. The first-order chi connectivity index (χ1) is 9.90. The third-order valence-electron chi connectivity index (χ3n) is 4.07. The standard InChI is InChI=1S/C13H21N5O3.ClH/c1-9-10(2)17(7-5-14-9)13(19)4-6-16-8-12(18(20)21)15-11(16)3;/h8-10,14H,4-7H2,1-3H3;1H. The van der Waals surface area contributed by atoms with Gasteiger partial charge in [-0.3, -0.25) is 4.79 Å². The first-order valence-electron chi connectivity index (χ1n) is 7.11. The van der Waals surface area contributed by atoms with Gasteiger partial charge >= 0.3 is 5.82 Å². The molecule has 22 heavy (non-hydrogen) atoms. The van der Waals surface area contributed by atoms with Crippen molar-refractivity contribution in [1.82, 2.24) is 19.8 Å². The Balaban J connectivity index is 0.00000242. The summed E-state index contributed by atoms with van der Waals surface area (Å²) in [5, 5.41) is 14.0. The Morgan fingerprint density at radius 3 is 2.82 bits per heavy atom. The molecule has 0 bridgehead atoms. The Hall–Kier alpha value is -1.67. The van der Waals surface area contributed by atoms with Crippen LogP contribution in [0.2, 0.25) is 0 Å². The number of halogens is 1. The number of aryl methyl sites for hydroxylation is 2. The van der Waals surface area contributed by atoms with Crippen LogP contribution in [0.15, 0.2) is 6.20 Å². The number of imidazole rings is 1. The van der Waals surface area contributed by atoms with E-state index in [9.17, 15) is 14.9 Å². The highest BCUT2D eigenvalue weighted by atomic mass is 35.5. The molecule has 1 aromatic heterocycles. The number of hydrogen-bond acceptors (Lipinski definition) is 5. The Kier molecular flexibility index (Phi) is 6.31. The van der Waals surface area contributed by atoms with E-state index < -0.39 is 4.92 Å². The van der Waals surface area contributed by atoms with E-state index in [4.69, 9.17) is 0 Å². The highest BCUT2D eigenvalue weighted by Crippen LogP contribution is 2.13. The molecule has 1 aliphatic rings. The number of piperazine rings is 1. The first kappa shape index (κ1) is 18.4. The largest absolute Gasteiger partial charge is 0.381 e. The van der Waals surface area contributed by atoms with E-state index in [2.05, 4.69) is 17.2 Å². The van der Waals surface area contributed by atoms with E-state index in [1.54, 1.807) is 11.5 Å². The number of aromatic nitrogens is 2. The number of amides is 1. The number of nitro groups is 1. The van der Waals surface area contributed by atoms with Crippen molar-refractivity contribution in [3.05, 3.63) is 22.1 Å². The van der Waals surface area contributed by atoms with E-state index in [1.165, 1.54) is 6.20 Å². The number of rotatable bonds is 4. The number of hydrogen-bond donors (Lipinski definition) is 1. The van der Waals surface area contributed by atoms with Crippen molar-refractivity contribution in [1.29, 1.82) is 0 Å². The van der Waals surface area contributed by atoms with Crippen molar-refractivity contribution in [3.8, 4) is 0 Å². The third-order valence-corrected chi connectivity index (χ3v) is 4.07. The van der Waals surface area contributed by atoms with Gasteiger partial charge in [-0.15, -0.1) is 12.4 Å². The van der Waals surface area contributed by atoms with Gasteiger partial charge in [0.15, 0.2) is 0 Å². The second-order valence-corrected chi connectivity index (χ2v) is 5.42. The molecule has 1 aliphatic heterocycles. The van der Waals surface area contributed by atoms with Crippen molar-refractivity contribution in [3.63, 3.8) is 0 Å². The molecule has 0 saturated carbocycles.